The van der Waals surface area contributed by atoms with Gasteiger partial charge >= 0.3 is 0 Å². The minimum atomic E-state index is -0.539. The van der Waals surface area contributed by atoms with E-state index in [1.807, 2.05) is 24.3 Å². The van der Waals surface area contributed by atoms with Gasteiger partial charge in [0.15, 0.2) is 5.65 Å². The van der Waals surface area contributed by atoms with E-state index in [-0.39, 0.29) is 5.65 Å². The third kappa shape index (κ3) is 2.55. The summed E-state index contributed by atoms with van der Waals surface area (Å²) in [5, 5.41) is 14.2. The zero-order valence-corrected chi connectivity index (χ0v) is 11.7. The van der Waals surface area contributed by atoms with Crippen LogP contribution in [0.1, 0.15) is 5.56 Å². The lowest BCUT2D eigenvalue weighted by Crippen LogP contribution is -2.19. The standard InChI is InChI=1S/C15H12ClN3O2/c16-12-6-2-1-4-10(12)9-18-13-8-14(20)19(21)15-11(13)5-3-7-17-15/h1-8,18,21H,9H2. The highest BCUT2D eigenvalue weighted by molar-refractivity contribution is 6.31. The number of nitrogens with zero attached hydrogens (tertiary/aromatic N) is 2. The van der Waals surface area contributed by atoms with Crippen LogP contribution < -0.4 is 10.9 Å². The molecular formula is C15H12ClN3O2. The summed E-state index contributed by atoms with van der Waals surface area (Å²) in [5.41, 5.74) is 1.20. The average molecular weight is 302 g/mol. The molecule has 6 heteroatoms. The molecule has 0 atom stereocenters. The topological polar surface area (TPSA) is 67.2 Å². The number of rotatable bonds is 3. The molecule has 0 unspecified atom stereocenters. The third-order valence-electron chi connectivity index (χ3n) is 3.18. The molecule has 5 nitrogen and oxygen atoms in total. The molecule has 3 rings (SSSR count). The van der Waals surface area contributed by atoms with E-state index in [9.17, 15) is 10.0 Å². The fraction of sp³-hybridized carbons (Fsp3) is 0.0667. The Morgan fingerprint density at radius 2 is 2.05 bits per heavy atom. The van der Waals surface area contributed by atoms with Crippen molar-refractivity contribution < 1.29 is 5.21 Å². The van der Waals surface area contributed by atoms with Crippen molar-refractivity contribution in [3.63, 3.8) is 0 Å². The lowest BCUT2D eigenvalue weighted by atomic mass is 10.2. The number of nitrogens with one attached hydrogen (secondary N) is 1. The van der Waals surface area contributed by atoms with E-state index >= 15 is 0 Å². The molecule has 0 saturated heterocycles. The van der Waals surface area contributed by atoms with Gasteiger partial charge in [0.25, 0.3) is 5.56 Å². The second-order valence-electron chi connectivity index (χ2n) is 4.53. The molecule has 2 aromatic heterocycles. The van der Waals surface area contributed by atoms with E-state index < -0.39 is 5.56 Å². The molecule has 0 bridgehead atoms. The molecule has 0 saturated carbocycles. The van der Waals surface area contributed by atoms with Crippen LogP contribution in [0.5, 0.6) is 0 Å². The lowest BCUT2D eigenvalue weighted by molar-refractivity contribution is 0.187. The zero-order chi connectivity index (χ0) is 14.8. The number of pyridine rings is 2. The van der Waals surface area contributed by atoms with E-state index in [1.165, 1.54) is 12.3 Å². The van der Waals surface area contributed by atoms with Crippen LogP contribution in [-0.2, 0) is 6.54 Å². The van der Waals surface area contributed by atoms with Gasteiger partial charge in [-0.1, -0.05) is 29.8 Å². The molecule has 0 amide bonds. The third-order valence-corrected chi connectivity index (χ3v) is 3.55. The summed E-state index contributed by atoms with van der Waals surface area (Å²) in [6, 6.07) is 12.3. The summed E-state index contributed by atoms with van der Waals surface area (Å²) in [6.45, 7) is 0.471. The number of benzene rings is 1. The van der Waals surface area contributed by atoms with Gasteiger partial charge in [-0.15, -0.1) is 4.73 Å². The van der Waals surface area contributed by atoms with Gasteiger partial charge in [0.2, 0.25) is 0 Å². The summed E-state index contributed by atoms with van der Waals surface area (Å²) in [4.78, 5) is 15.8. The van der Waals surface area contributed by atoms with Crippen LogP contribution in [0, 0.1) is 0 Å². The Kier molecular flexibility index (Phi) is 3.50. The Morgan fingerprint density at radius 3 is 2.86 bits per heavy atom. The zero-order valence-electron chi connectivity index (χ0n) is 11.0. The maximum absolute atomic E-state index is 11.7. The summed E-state index contributed by atoms with van der Waals surface area (Å²) in [5.74, 6) is 0. The van der Waals surface area contributed by atoms with Crippen molar-refractivity contribution in [3.05, 3.63) is 69.6 Å². The first kappa shape index (κ1) is 13.5. The van der Waals surface area contributed by atoms with Crippen molar-refractivity contribution in [2.24, 2.45) is 0 Å². The fourth-order valence-corrected chi connectivity index (χ4v) is 2.32. The van der Waals surface area contributed by atoms with Crippen molar-refractivity contribution in [2.45, 2.75) is 6.54 Å². The number of hydrogen-bond donors (Lipinski definition) is 2. The van der Waals surface area contributed by atoms with Crippen molar-refractivity contribution in [2.75, 3.05) is 5.32 Å². The van der Waals surface area contributed by atoms with Crippen LogP contribution in [0.25, 0.3) is 11.0 Å². The van der Waals surface area contributed by atoms with Gasteiger partial charge in [0, 0.05) is 29.2 Å². The SMILES string of the molecule is O=c1cc(NCc2ccccc2Cl)c2cccnc2n1O. The molecule has 0 fully saturated rings. The van der Waals surface area contributed by atoms with E-state index in [0.717, 1.165) is 5.56 Å². The lowest BCUT2D eigenvalue weighted by Gasteiger charge is -2.11. The number of aromatic nitrogens is 2. The van der Waals surface area contributed by atoms with Crippen molar-refractivity contribution in [1.82, 2.24) is 9.71 Å². The minimum Gasteiger partial charge on any atom is -0.423 e. The smallest absolute Gasteiger partial charge is 0.286 e. The largest absolute Gasteiger partial charge is 0.423 e. The fourth-order valence-electron chi connectivity index (χ4n) is 2.12. The van der Waals surface area contributed by atoms with Gasteiger partial charge in [-0.25, -0.2) is 4.98 Å². The predicted molar refractivity (Wildman–Crippen MR) is 82.0 cm³/mol. The number of fused-ring (bicyclic) bond motifs is 1. The van der Waals surface area contributed by atoms with E-state index in [2.05, 4.69) is 10.3 Å². The Morgan fingerprint density at radius 1 is 1.24 bits per heavy atom. The normalized spacial score (nSPS) is 10.7. The van der Waals surface area contributed by atoms with Gasteiger partial charge in [-0.05, 0) is 23.8 Å². The maximum Gasteiger partial charge on any atom is 0.286 e. The van der Waals surface area contributed by atoms with Crippen molar-refractivity contribution >= 4 is 28.3 Å². The summed E-state index contributed by atoms with van der Waals surface area (Å²) in [7, 11) is 0. The average Bonchev–Trinajstić information content (AvgIpc) is 2.51. The number of halogens is 1. The molecule has 0 radical (unpaired) electrons. The molecule has 3 aromatic rings. The quantitative estimate of drug-likeness (QED) is 0.730. The van der Waals surface area contributed by atoms with Crippen molar-refractivity contribution in [1.29, 1.82) is 0 Å². The first-order valence-electron chi connectivity index (χ1n) is 6.34. The Hall–Kier alpha value is -2.53. The molecule has 0 aliphatic carbocycles. The highest BCUT2D eigenvalue weighted by atomic mass is 35.5. The van der Waals surface area contributed by atoms with E-state index in [4.69, 9.17) is 11.6 Å². The Labute approximate surface area is 125 Å². The molecule has 2 N–H and O–H groups in total. The summed E-state index contributed by atoms with van der Waals surface area (Å²) in [6.07, 6.45) is 1.52. The van der Waals surface area contributed by atoms with Crippen LogP contribution in [0.15, 0.2) is 53.5 Å². The van der Waals surface area contributed by atoms with Crippen LogP contribution in [0.3, 0.4) is 0 Å². The van der Waals surface area contributed by atoms with Gasteiger partial charge in [-0.2, -0.15) is 0 Å². The van der Waals surface area contributed by atoms with E-state index in [0.29, 0.717) is 27.4 Å². The second kappa shape index (κ2) is 5.46. The molecule has 21 heavy (non-hydrogen) atoms. The van der Waals surface area contributed by atoms with Crippen LogP contribution in [0.2, 0.25) is 5.02 Å². The van der Waals surface area contributed by atoms with Gasteiger partial charge in [-0.3, -0.25) is 4.79 Å². The van der Waals surface area contributed by atoms with Crippen LogP contribution in [-0.4, -0.2) is 14.9 Å². The molecule has 1 aromatic carbocycles. The van der Waals surface area contributed by atoms with Crippen molar-refractivity contribution in [3.8, 4) is 0 Å². The minimum absolute atomic E-state index is 0.214. The summed E-state index contributed by atoms with van der Waals surface area (Å²) < 4.78 is 0.538. The first-order chi connectivity index (χ1) is 10.2. The molecule has 0 spiro atoms. The highest BCUT2D eigenvalue weighted by Gasteiger charge is 2.09. The van der Waals surface area contributed by atoms with Crippen LogP contribution in [0.4, 0.5) is 5.69 Å². The number of hydrogen-bond acceptors (Lipinski definition) is 4. The Balaban J connectivity index is 2.00. The molecule has 0 aliphatic rings. The predicted octanol–water partition coefficient (Wildman–Crippen LogP) is 2.90. The second-order valence-corrected chi connectivity index (χ2v) is 4.93. The first-order valence-corrected chi connectivity index (χ1v) is 6.72. The molecule has 106 valence electrons. The van der Waals surface area contributed by atoms with Crippen LogP contribution >= 0.6 is 11.6 Å². The monoisotopic (exact) mass is 301 g/mol. The molecule has 2 heterocycles. The maximum atomic E-state index is 11.7. The van der Waals surface area contributed by atoms with E-state index in [1.54, 1.807) is 12.1 Å². The Bertz CT molecular complexity index is 861. The van der Waals surface area contributed by atoms with Gasteiger partial charge in [0.1, 0.15) is 0 Å². The number of anilines is 1. The highest BCUT2D eigenvalue weighted by Crippen LogP contribution is 2.21. The van der Waals surface area contributed by atoms with Gasteiger partial charge < -0.3 is 10.5 Å². The molecular weight excluding hydrogens is 290 g/mol. The molecule has 0 aliphatic heterocycles. The summed E-state index contributed by atoms with van der Waals surface area (Å²) >= 11 is 6.11. The van der Waals surface area contributed by atoms with Gasteiger partial charge in [0.05, 0.1) is 5.69 Å².